The smallest absolute Gasteiger partial charge is 0.266 e. The van der Waals surface area contributed by atoms with Gasteiger partial charge >= 0.3 is 0 Å². The summed E-state index contributed by atoms with van der Waals surface area (Å²) in [5.41, 5.74) is 0.417. The molecule has 1 saturated heterocycles. The molecule has 132 valence electrons. The van der Waals surface area contributed by atoms with E-state index >= 15 is 0 Å². The molecule has 1 fully saturated rings. The molecule has 1 atom stereocenters. The molecule has 0 aliphatic carbocycles. The molecule has 1 amide bonds. The van der Waals surface area contributed by atoms with Crippen LogP contribution in [0.2, 0.25) is 0 Å². The Hall–Kier alpha value is -2.77. The van der Waals surface area contributed by atoms with Gasteiger partial charge in [-0.05, 0) is 30.9 Å². The van der Waals surface area contributed by atoms with E-state index in [2.05, 4.69) is 15.5 Å². The summed E-state index contributed by atoms with van der Waals surface area (Å²) < 4.78 is 26.5. The Bertz CT molecular complexity index is 824. The van der Waals surface area contributed by atoms with E-state index in [9.17, 15) is 18.4 Å². The number of carbonyl (C=O) groups is 1. The number of carbonyl (C=O) groups excluding carboxylic acids is 1. The van der Waals surface area contributed by atoms with E-state index in [1.807, 2.05) is 4.90 Å². The minimum Gasteiger partial charge on any atom is -0.370 e. The molecule has 2 aromatic rings. The number of halogens is 2. The van der Waals surface area contributed by atoms with E-state index < -0.39 is 11.6 Å². The Labute approximate surface area is 142 Å². The second-order valence-electron chi connectivity index (χ2n) is 6.13. The summed E-state index contributed by atoms with van der Waals surface area (Å²) in [6.45, 7) is 1.40. The van der Waals surface area contributed by atoms with E-state index in [1.165, 1.54) is 12.1 Å². The molecule has 8 heteroatoms. The average Bonchev–Trinajstić information content (AvgIpc) is 2.58. The van der Waals surface area contributed by atoms with Crippen LogP contribution in [0.4, 0.5) is 20.2 Å². The predicted molar refractivity (Wildman–Crippen MR) is 89.4 cm³/mol. The highest BCUT2D eigenvalue weighted by Crippen LogP contribution is 2.24. The highest BCUT2D eigenvalue weighted by molar-refractivity contribution is 5.91. The summed E-state index contributed by atoms with van der Waals surface area (Å²) in [6, 6.07) is 4.51. The van der Waals surface area contributed by atoms with Gasteiger partial charge in [0.05, 0.1) is 17.6 Å². The SMILES string of the molecule is O=C(C[C@H]1CCCN(c2cn[nH]c(=O)c2)C1)Nc1ccc(F)cc1F. The van der Waals surface area contributed by atoms with E-state index in [-0.39, 0.29) is 29.5 Å². The lowest BCUT2D eigenvalue weighted by molar-refractivity contribution is -0.117. The number of piperidine rings is 1. The molecule has 2 N–H and O–H groups in total. The lowest BCUT2D eigenvalue weighted by Crippen LogP contribution is -2.37. The van der Waals surface area contributed by atoms with Crippen LogP contribution in [0.3, 0.4) is 0 Å². The van der Waals surface area contributed by atoms with Crippen LogP contribution in [-0.4, -0.2) is 29.2 Å². The number of benzene rings is 1. The first-order chi connectivity index (χ1) is 12.0. The number of anilines is 2. The molecule has 1 aliphatic heterocycles. The Morgan fingerprint density at radius 2 is 2.20 bits per heavy atom. The number of hydrogen-bond acceptors (Lipinski definition) is 4. The molecule has 2 heterocycles. The van der Waals surface area contributed by atoms with Gasteiger partial charge in [-0.1, -0.05) is 0 Å². The lowest BCUT2D eigenvalue weighted by Gasteiger charge is -2.33. The zero-order valence-corrected chi connectivity index (χ0v) is 13.5. The first-order valence-corrected chi connectivity index (χ1v) is 8.06. The van der Waals surface area contributed by atoms with Crippen LogP contribution in [0.5, 0.6) is 0 Å². The maximum Gasteiger partial charge on any atom is 0.266 e. The van der Waals surface area contributed by atoms with Gasteiger partial charge in [-0.2, -0.15) is 5.10 Å². The fourth-order valence-electron chi connectivity index (χ4n) is 3.06. The van der Waals surface area contributed by atoms with E-state index in [0.29, 0.717) is 6.54 Å². The highest BCUT2D eigenvalue weighted by Gasteiger charge is 2.23. The second kappa shape index (κ2) is 7.42. The van der Waals surface area contributed by atoms with Crippen molar-refractivity contribution in [2.75, 3.05) is 23.3 Å². The van der Waals surface area contributed by atoms with Gasteiger partial charge in [0.15, 0.2) is 0 Å². The molecule has 6 nitrogen and oxygen atoms in total. The second-order valence-corrected chi connectivity index (χ2v) is 6.13. The van der Waals surface area contributed by atoms with Crippen LogP contribution in [-0.2, 0) is 4.79 Å². The van der Waals surface area contributed by atoms with Gasteiger partial charge < -0.3 is 10.2 Å². The number of nitrogens with one attached hydrogen (secondary N) is 2. The molecule has 1 aliphatic rings. The van der Waals surface area contributed by atoms with Gasteiger partial charge in [0.25, 0.3) is 5.56 Å². The van der Waals surface area contributed by atoms with Gasteiger partial charge in [0, 0.05) is 31.6 Å². The Balaban J connectivity index is 1.60. The molecule has 0 unspecified atom stereocenters. The number of H-pyrrole nitrogens is 1. The fourth-order valence-corrected chi connectivity index (χ4v) is 3.06. The molecule has 25 heavy (non-hydrogen) atoms. The number of amides is 1. The van der Waals surface area contributed by atoms with Crippen molar-refractivity contribution in [3.8, 4) is 0 Å². The summed E-state index contributed by atoms with van der Waals surface area (Å²) in [5.74, 6) is -1.73. The summed E-state index contributed by atoms with van der Waals surface area (Å²) in [4.78, 5) is 25.6. The summed E-state index contributed by atoms with van der Waals surface area (Å²) in [7, 11) is 0. The van der Waals surface area contributed by atoms with Crippen LogP contribution < -0.4 is 15.8 Å². The summed E-state index contributed by atoms with van der Waals surface area (Å²) in [6.07, 6.45) is 3.56. The van der Waals surface area contributed by atoms with E-state index in [0.717, 1.165) is 37.2 Å². The van der Waals surface area contributed by atoms with Crippen LogP contribution in [0, 0.1) is 17.6 Å². The van der Waals surface area contributed by atoms with Crippen molar-refractivity contribution in [1.82, 2.24) is 10.2 Å². The maximum atomic E-state index is 13.6. The zero-order chi connectivity index (χ0) is 17.8. The molecular formula is C17H18F2N4O2. The third-order valence-corrected chi connectivity index (χ3v) is 4.21. The standard InChI is InChI=1S/C17H18F2N4O2/c18-12-3-4-15(14(19)7-12)21-16(24)6-11-2-1-5-23(10-11)13-8-17(25)22-20-9-13/h3-4,7-9,11H,1-2,5-6,10H2,(H,21,24)(H,22,25)/t11-/m1/s1. The maximum absolute atomic E-state index is 13.6. The van der Waals surface area contributed by atoms with Crippen molar-refractivity contribution in [1.29, 1.82) is 0 Å². The Morgan fingerprint density at radius 3 is 2.96 bits per heavy atom. The minimum absolute atomic E-state index is 0.0298. The molecular weight excluding hydrogens is 330 g/mol. The number of hydrogen-bond donors (Lipinski definition) is 2. The molecule has 1 aromatic heterocycles. The zero-order valence-electron chi connectivity index (χ0n) is 13.5. The normalized spacial score (nSPS) is 17.4. The topological polar surface area (TPSA) is 78.1 Å². The molecule has 0 radical (unpaired) electrons. The largest absolute Gasteiger partial charge is 0.370 e. The monoisotopic (exact) mass is 348 g/mol. The number of aromatic nitrogens is 2. The van der Waals surface area contributed by atoms with Gasteiger partial charge in [-0.3, -0.25) is 9.59 Å². The molecule has 0 bridgehead atoms. The van der Waals surface area contributed by atoms with Gasteiger partial charge in [-0.25, -0.2) is 13.9 Å². The van der Waals surface area contributed by atoms with Crippen molar-refractivity contribution in [3.05, 3.63) is 52.5 Å². The molecule has 0 saturated carbocycles. The Morgan fingerprint density at radius 1 is 1.36 bits per heavy atom. The van der Waals surface area contributed by atoms with Gasteiger partial charge in [0.1, 0.15) is 11.6 Å². The van der Waals surface area contributed by atoms with Gasteiger partial charge in [0.2, 0.25) is 5.91 Å². The van der Waals surface area contributed by atoms with Crippen LogP contribution in [0.15, 0.2) is 35.3 Å². The molecule has 0 spiro atoms. The number of aromatic amines is 1. The van der Waals surface area contributed by atoms with Crippen LogP contribution in [0.1, 0.15) is 19.3 Å². The average molecular weight is 348 g/mol. The van der Waals surface area contributed by atoms with Crippen molar-refractivity contribution < 1.29 is 13.6 Å². The minimum atomic E-state index is -0.798. The highest BCUT2D eigenvalue weighted by atomic mass is 19.1. The number of nitrogens with zero attached hydrogens (tertiary/aromatic N) is 2. The number of rotatable bonds is 4. The Kier molecular flexibility index (Phi) is 5.06. The van der Waals surface area contributed by atoms with E-state index in [1.54, 1.807) is 6.20 Å². The third kappa shape index (κ3) is 4.40. The quantitative estimate of drug-likeness (QED) is 0.889. The summed E-state index contributed by atoms with van der Waals surface area (Å²) in [5, 5.41) is 8.60. The van der Waals surface area contributed by atoms with Crippen LogP contribution >= 0.6 is 0 Å². The molecule has 1 aromatic carbocycles. The summed E-state index contributed by atoms with van der Waals surface area (Å²) >= 11 is 0. The van der Waals surface area contributed by atoms with Gasteiger partial charge in [-0.15, -0.1) is 0 Å². The van der Waals surface area contributed by atoms with Crippen molar-refractivity contribution in [2.24, 2.45) is 5.92 Å². The first kappa shape index (κ1) is 17.1. The first-order valence-electron chi connectivity index (χ1n) is 8.06. The van der Waals surface area contributed by atoms with E-state index in [4.69, 9.17) is 0 Å². The predicted octanol–water partition coefficient (Wildman–Crippen LogP) is 2.29. The fraction of sp³-hybridized carbons (Fsp3) is 0.353. The molecule has 3 rings (SSSR count). The van der Waals surface area contributed by atoms with Crippen molar-refractivity contribution in [2.45, 2.75) is 19.3 Å². The van der Waals surface area contributed by atoms with Crippen molar-refractivity contribution >= 4 is 17.3 Å². The lowest BCUT2D eigenvalue weighted by atomic mass is 9.94. The van der Waals surface area contributed by atoms with Crippen molar-refractivity contribution in [3.63, 3.8) is 0 Å². The van der Waals surface area contributed by atoms with Crippen LogP contribution in [0.25, 0.3) is 0 Å². The third-order valence-electron chi connectivity index (χ3n) is 4.21.